The number of unbranched alkanes of at least 4 members (excludes halogenated alkanes) is 1. The molecule has 2 heterocycles. The van der Waals surface area contributed by atoms with Gasteiger partial charge in [0.15, 0.2) is 0 Å². The number of hydrogen-bond donors (Lipinski definition) is 1. The highest BCUT2D eigenvalue weighted by molar-refractivity contribution is 6.13. The standard InChI is InChI=1S/C24H23N3O4/c1-3-4-12-31-20-10-6-5-9-18(20)22(28)21-16(2)19(13-25)23(29)27(24(21)30)15-17-8-7-11-26-14-17/h5-11,14,30H,3-4,12,15H2,1-2H3. The number of benzene rings is 1. The van der Waals surface area contributed by atoms with Crippen molar-refractivity contribution in [3.63, 3.8) is 0 Å². The number of carbonyl (C=O) groups is 1. The van der Waals surface area contributed by atoms with Crippen LogP contribution in [0.1, 0.15) is 52.4 Å². The number of rotatable bonds is 8. The minimum Gasteiger partial charge on any atom is -0.494 e. The first-order valence-electron chi connectivity index (χ1n) is 10.0. The Morgan fingerprint density at radius 3 is 2.71 bits per heavy atom. The van der Waals surface area contributed by atoms with Crippen molar-refractivity contribution in [1.82, 2.24) is 9.55 Å². The van der Waals surface area contributed by atoms with Crippen molar-refractivity contribution in [2.75, 3.05) is 6.61 Å². The van der Waals surface area contributed by atoms with Gasteiger partial charge in [-0.2, -0.15) is 5.26 Å². The highest BCUT2D eigenvalue weighted by Gasteiger charge is 2.26. The number of aromatic hydroxyl groups is 1. The monoisotopic (exact) mass is 417 g/mol. The predicted molar refractivity (Wildman–Crippen MR) is 115 cm³/mol. The molecule has 7 nitrogen and oxygen atoms in total. The summed E-state index contributed by atoms with van der Waals surface area (Å²) in [5.41, 5.74) is 0.106. The molecule has 1 aromatic carbocycles. The summed E-state index contributed by atoms with van der Waals surface area (Å²) in [4.78, 5) is 30.3. The molecule has 0 bridgehead atoms. The molecule has 0 radical (unpaired) electrons. The summed E-state index contributed by atoms with van der Waals surface area (Å²) >= 11 is 0. The Bertz CT molecular complexity index is 1190. The molecule has 0 atom stereocenters. The van der Waals surface area contributed by atoms with E-state index in [1.807, 2.05) is 13.0 Å². The summed E-state index contributed by atoms with van der Waals surface area (Å²) in [5, 5.41) is 20.5. The van der Waals surface area contributed by atoms with Crippen LogP contribution >= 0.6 is 0 Å². The first kappa shape index (κ1) is 21.8. The lowest BCUT2D eigenvalue weighted by Crippen LogP contribution is -2.27. The minimum absolute atomic E-state index is 0.0254. The highest BCUT2D eigenvalue weighted by Crippen LogP contribution is 2.29. The predicted octanol–water partition coefficient (Wildman–Crippen LogP) is 3.59. The Morgan fingerprint density at radius 1 is 1.26 bits per heavy atom. The lowest BCUT2D eigenvalue weighted by molar-refractivity contribution is 0.103. The normalized spacial score (nSPS) is 10.5. The molecule has 0 aliphatic heterocycles. The van der Waals surface area contributed by atoms with Crippen molar-refractivity contribution in [3.05, 3.63) is 87.0 Å². The molecule has 0 saturated heterocycles. The van der Waals surface area contributed by atoms with E-state index in [4.69, 9.17) is 4.74 Å². The Labute approximate surface area is 180 Å². The van der Waals surface area contributed by atoms with E-state index >= 15 is 0 Å². The number of hydrogen-bond acceptors (Lipinski definition) is 6. The van der Waals surface area contributed by atoms with Gasteiger partial charge in [-0.15, -0.1) is 0 Å². The SMILES string of the molecule is CCCCOc1ccccc1C(=O)c1c(C)c(C#N)c(=O)n(Cc2cccnc2)c1O. The molecule has 158 valence electrons. The molecule has 7 heteroatoms. The Morgan fingerprint density at radius 2 is 2.03 bits per heavy atom. The number of ketones is 1. The maximum atomic E-state index is 13.4. The molecule has 1 N–H and O–H groups in total. The van der Waals surface area contributed by atoms with Crippen molar-refractivity contribution in [2.45, 2.75) is 33.2 Å². The van der Waals surface area contributed by atoms with E-state index in [-0.39, 0.29) is 28.8 Å². The first-order valence-corrected chi connectivity index (χ1v) is 10.0. The van der Waals surface area contributed by atoms with Crippen LogP contribution < -0.4 is 10.3 Å². The number of aromatic nitrogens is 2. The zero-order valence-electron chi connectivity index (χ0n) is 17.5. The lowest BCUT2D eigenvalue weighted by Gasteiger charge is -2.17. The number of nitrogens with zero attached hydrogens (tertiary/aromatic N) is 3. The maximum absolute atomic E-state index is 13.4. The summed E-state index contributed by atoms with van der Waals surface area (Å²) in [6, 6.07) is 12.1. The third-order valence-electron chi connectivity index (χ3n) is 4.98. The average Bonchev–Trinajstić information content (AvgIpc) is 2.78. The van der Waals surface area contributed by atoms with Crippen molar-refractivity contribution in [3.8, 4) is 17.7 Å². The van der Waals surface area contributed by atoms with Gasteiger partial charge in [0.25, 0.3) is 5.56 Å². The van der Waals surface area contributed by atoms with Crippen LogP contribution in [0.4, 0.5) is 0 Å². The average molecular weight is 417 g/mol. The fraction of sp³-hybridized carbons (Fsp3) is 0.250. The molecule has 0 fully saturated rings. The first-order chi connectivity index (χ1) is 15.0. The molecule has 0 amide bonds. The van der Waals surface area contributed by atoms with Gasteiger partial charge in [0.1, 0.15) is 17.4 Å². The van der Waals surface area contributed by atoms with E-state index in [1.54, 1.807) is 48.8 Å². The maximum Gasteiger partial charge on any atom is 0.271 e. The van der Waals surface area contributed by atoms with E-state index < -0.39 is 17.2 Å². The van der Waals surface area contributed by atoms with Crippen LogP contribution in [0.2, 0.25) is 0 Å². The summed E-state index contributed by atoms with van der Waals surface area (Å²) in [7, 11) is 0. The number of ether oxygens (including phenoxy) is 1. The molecule has 3 rings (SSSR count). The van der Waals surface area contributed by atoms with E-state index in [0.717, 1.165) is 17.4 Å². The highest BCUT2D eigenvalue weighted by atomic mass is 16.5. The van der Waals surface area contributed by atoms with Crippen LogP contribution in [0.25, 0.3) is 0 Å². The third kappa shape index (κ3) is 4.48. The molecule has 0 spiro atoms. The molecule has 0 aliphatic rings. The molecular formula is C24H23N3O4. The third-order valence-corrected chi connectivity index (χ3v) is 4.98. The Hall–Kier alpha value is -3.92. The van der Waals surface area contributed by atoms with Crippen molar-refractivity contribution < 1.29 is 14.6 Å². The van der Waals surface area contributed by atoms with Crippen molar-refractivity contribution >= 4 is 5.78 Å². The smallest absolute Gasteiger partial charge is 0.271 e. The van der Waals surface area contributed by atoms with Gasteiger partial charge in [0.05, 0.1) is 24.3 Å². The van der Waals surface area contributed by atoms with E-state index in [1.165, 1.54) is 6.92 Å². The lowest BCUT2D eigenvalue weighted by atomic mass is 9.96. The second kappa shape index (κ2) is 9.72. The van der Waals surface area contributed by atoms with Crippen LogP contribution in [0.5, 0.6) is 11.6 Å². The van der Waals surface area contributed by atoms with Gasteiger partial charge < -0.3 is 9.84 Å². The number of carbonyl (C=O) groups excluding carboxylic acids is 1. The second-order valence-corrected chi connectivity index (χ2v) is 7.09. The summed E-state index contributed by atoms with van der Waals surface area (Å²) in [6.45, 7) is 3.96. The fourth-order valence-corrected chi connectivity index (χ4v) is 3.28. The molecule has 0 saturated carbocycles. The zero-order valence-corrected chi connectivity index (χ0v) is 17.5. The van der Waals surface area contributed by atoms with E-state index in [0.29, 0.717) is 17.9 Å². The summed E-state index contributed by atoms with van der Waals surface area (Å²) in [6.07, 6.45) is 4.92. The van der Waals surface area contributed by atoms with Gasteiger partial charge in [-0.25, -0.2) is 0 Å². The van der Waals surface area contributed by atoms with Crippen LogP contribution in [-0.2, 0) is 6.54 Å². The van der Waals surface area contributed by atoms with Gasteiger partial charge in [-0.05, 0) is 42.7 Å². The number of pyridine rings is 2. The van der Waals surface area contributed by atoms with Crippen molar-refractivity contribution in [2.24, 2.45) is 0 Å². The fourth-order valence-electron chi connectivity index (χ4n) is 3.28. The largest absolute Gasteiger partial charge is 0.494 e. The summed E-state index contributed by atoms with van der Waals surface area (Å²) < 4.78 is 6.79. The van der Waals surface area contributed by atoms with Crippen LogP contribution in [-0.4, -0.2) is 27.0 Å². The minimum atomic E-state index is -0.662. The van der Waals surface area contributed by atoms with Gasteiger partial charge in [-0.1, -0.05) is 31.5 Å². The van der Waals surface area contributed by atoms with E-state index in [2.05, 4.69) is 4.98 Å². The van der Waals surface area contributed by atoms with E-state index in [9.17, 15) is 20.0 Å². The van der Waals surface area contributed by atoms with Crippen LogP contribution in [0.3, 0.4) is 0 Å². The van der Waals surface area contributed by atoms with Gasteiger partial charge in [0, 0.05) is 12.4 Å². The Balaban J connectivity index is 2.14. The number of para-hydroxylation sites is 1. The van der Waals surface area contributed by atoms with Gasteiger partial charge in [0.2, 0.25) is 11.7 Å². The van der Waals surface area contributed by atoms with Crippen LogP contribution in [0.15, 0.2) is 53.6 Å². The molecule has 3 aromatic rings. The quantitative estimate of drug-likeness (QED) is 0.444. The van der Waals surface area contributed by atoms with Gasteiger partial charge >= 0.3 is 0 Å². The molecule has 2 aromatic heterocycles. The number of nitriles is 1. The molecular weight excluding hydrogens is 394 g/mol. The zero-order chi connectivity index (χ0) is 22.4. The summed E-state index contributed by atoms with van der Waals surface area (Å²) in [5.74, 6) is -0.611. The molecule has 0 unspecified atom stereocenters. The van der Waals surface area contributed by atoms with Gasteiger partial charge in [-0.3, -0.25) is 19.1 Å². The van der Waals surface area contributed by atoms with Crippen molar-refractivity contribution in [1.29, 1.82) is 5.26 Å². The van der Waals surface area contributed by atoms with Crippen LogP contribution in [0, 0.1) is 18.3 Å². The topological polar surface area (TPSA) is 105 Å². The molecule has 31 heavy (non-hydrogen) atoms. The second-order valence-electron chi connectivity index (χ2n) is 7.09. The molecule has 0 aliphatic carbocycles. The Kier molecular flexibility index (Phi) is 6.83.